The molecule has 1 aliphatic rings. The molecule has 0 aliphatic carbocycles. The van der Waals surface area contributed by atoms with E-state index in [1.54, 1.807) is 0 Å². The first-order chi connectivity index (χ1) is 11.1. The summed E-state index contributed by atoms with van der Waals surface area (Å²) < 4.78 is 0.365. The molecule has 0 bridgehead atoms. The van der Waals surface area contributed by atoms with Gasteiger partial charge in [0.1, 0.15) is 0 Å². The molecular weight excluding hydrogens is 326 g/mol. The van der Waals surface area contributed by atoms with Gasteiger partial charge < -0.3 is 0 Å². The summed E-state index contributed by atoms with van der Waals surface area (Å²) >= 11 is 6.31. The summed E-state index contributed by atoms with van der Waals surface area (Å²) in [6.07, 6.45) is 1.86. The molecule has 2 aromatic carbocycles. The molecule has 3 aromatic rings. The van der Waals surface area contributed by atoms with Gasteiger partial charge in [0.2, 0.25) is 0 Å². The van der Waals surface area contributed by atoms with E-state index in [9.17, 15) is 4.79 Å². The average molecular weight is 337 g/mol. The van der Waals surface area contributed by atoms with Crippen molar-refractivity contribution in [2.24, 2.45) is 5.84 Å². The number of pyridine rings is 1. The Labute approximate surface area is 141 Å². The number of thioether (sulfide) groups is 1. The van der Waals surface area contributed by atoms with E-state index in [4.69, 9.17) is 18.1 Å². The number of benzene rings is 2. The molecular formula is C17H11N3OS2. The Hall–Kier alpha value is -2.28. The molecule has 2 N–H and O–H groups in total. The number of carbonyl (C=O) groups excluding carboxylic acids is 1. The Kier molecular flexibility index (Phi) is 3.37. The number of hydrazine groups is 1. The highest BCUT2D eigenvalue weighted by Gasteiger charge is 2.30. The molecule has 112 valence electrons. The zero-order valence-corrected chi connectivity index (χ0v) is 13.5. The van der Waals surface area contributed by atoms with Crippen LogP contribution in [0.25, 0.3) is 27.9 Å². The molecule has 0 radical (unpaired) electrons. The topological polar surface area (TPSA) is 59.2 Å². The molecule has 0 spiro atoms. The number of amides is 1. The maximum Gasteiger partial charge on any atom is 0.280 e. The van der Waals surface area contributed by atoms with Gasteiger partial charge in [-0.05, 0) is 23.8 Å². The lowest BCUT2D eigenvalue weighted by Crippen LogP contribution is -2.34. The molecule has 4 nitrogen and oxygen atoms in total. The third-order valence-corrected chi connectivity index (χ3v) is 5.06. The van der Waals surface area contributed by atoms with Crippen LogP contribution in [0.2, 0.25) is 0 Å². The third-order valence-electron chi connectivity index (χ3n) is 3.73. The molecule has 6 heteroatoms. The fourth-order valence-corrected chi connectivity index (χ4v) is 3.72. The average Bonchev–Trinajstić information content (AvgIpc) is 2.81. The van der Waals surface area contributed by atoms with Crippen LogP contribution in [-0.4, -0.2) is 20.2 Å². The molecule has 1 aromatic heterocycles. The minimum atomic E-state index is -0.273. The largest absolute Gasteiger partial charge is 0.280 e. The van der Waals surface area contributed by atoms with Crippen LogP contribution in [0.5, 0.6) is 0 Å². The number of nitrogens with zero attached hydrogens (tertiary/aromatic N) is 2. The first-order valence-electron chi connectivity index (χ1n) is 6.95. The van der Waals surface area contributed by atoms with E-state index in [2.05, 4.69) is 4.98 Å². The van der Waals surface area contributed by atoms with Crippen LogP contribution in [0.1, 0.15) is 5.56 Å². The summed E-state index contributed by atoms with van der Waals surface area (Å²) in [6, 6.07) is 15.8. The van der Waals surface area contributed by atoms with Gasteiger partial charge in [0.05, 0.1) is 15.9 Å². The first kappa shape index (κ1) is 14.3. The van der Waals surface area contributed by atoms with Crippen LogP contribution in [0, 0.1) is 0 Å². The smallest absolute Gasteiger partial charge is 0.267 e. The minimum Gasteiger partial charge on any atom is -0.267 e. The molecule has 1 aliphatic heterocycles. The predicted octanol–water partition coefficient (Wildman–Crippen LogP) is 3.46. The summed E-state index contributed by atoms with van der Waals surface area (Å²) in [5.41, 5.74) is 2.74. The van der Waals surface area contributed by atoms with Crippen molar-refractivity contribution < 1.29 is 4.79 Å². The second-order valence-electron chi connectivity index (χ2n) is 5.11. The lowest BCUT2D eigenvalue weighted by Gasteiger charge is -2.08. The van der Waals surface area contributed by atoms with E-state index in [0.29, 0.717) is 9.23 Å². The van der Waals surface area contributed by atoms with Crippen LogP contribution >= 0.6 is 24.0 Å². The quantitative estimate of drug-likeness (QED) is 0.242. The SMILES string of the molecule is NN1C(=O)/C(=C/c2c3ccccc3nc3ccccc23)SC1=S. The van der Waals surface area contributed by atoms with Gasteiger partial charge in [-0.3, -0.25) is 4.79 Å². The number of para-hydroxylation sites is 2. The maximum absolute atomic E-state index is 12.2. The van der Waals surface area contributed by atoms with E-state index in [-0.39, 0.29) is 5.91 Å². The van der Waals surface area contributed by atoms with Gasteiger partial charge in [0, 0.05) is 10.8 Å². The fraction of sp³-hybridized carbons (Fsp3) is 0. The number of thiocarbonyl (C=S) groups is 1. The molecule has 23 heavy (non-hydrogen) atoms. The molecule has 1 amide bonds. The van der Waals surface area contributed by atoms with Crippen molar-refractivity contribution in [3.63, 3.8) is 0 Å². The highest BCUT2D eigenvalue weighted by Crippen LogP contribution is 2.34. The highest BCUT2D eigenvalue weighted by atomic mass is 32.2. The number of aromatic nitrogens is 1. The van der Waals surface area contributed by atoms with Gasteiger partial charge in [0.15, 0.2) is 4.32 Å². The van der Waals surface area contributed by atoms with Crippen molar-refractivity contribution in [2.75, 3.05) is 0 Å². The van der Waals surface area contributed by atoms with Crippen molar-refractivity contribution in [3.05, 3.63) is 59.0 Å². The number of rotatable bonds is 1. The molecule has 0 unspecified atom stereocenters. The predicted molar refractivity (Wildman–Crippen MR) is 98.4 cm³/mol. The Morgan fingerprint density at radius 3 is 2.13 bits per heavy atom. The van der Waals surface area contributed by atoms with Crippen LogP contribution in [-0.2, 0) is 4.79 Å². The summed E-state index contributed by atoms with van der Waals surface area (Å²) in [4.78, 5) is 17.4. The van der Waals surface area contributed by atoms with Crippen LogP contribution in [0.15, 0.2) is 53.4 Å². The summed E-state index contributed by atoms with van der Waals surface area (Å²) in [6.45, 7) is 0. The minimum absolute atomic E-state index is 0.273. The van der Waals surface area contributed by atoms with E-state index in [0.717, 1.165) is 32.4 Å². The standard InChI is InChI=1S/C17H11N3OS2/c18-20-16(21)15(23-17(20)22)9-12-10-5-1-3-7-13(10)19-14-8-4-2-6-11(12)14/h1-9H,18H2/b15-9-. The second-order valence-corrected chi connectivity index (χ2v) is 6.79. The first-order valence-corrected chi connectivity index (χ1v) is 8.18. The van der Waals surface area contributed by atoms with Gasteiger partial charge in [-0.15, -0.1) is 0 Å². The molecule has 1 fully saturated rings. The van der Waals surface area contributed by atoms with Crippen molar-refractivity contribution in [1.29, 1.82) is 0 Å². The normalized spacial score (nSPS) is 16.9. The van der Waals surface area contributed by atoms with E-state index in [1.165, 1.54) is 11.8 Å². The van der Waals surface area contributed by atoms with Crippen molar-refractivity contribution in [3.8, 4) is 0 Å². The Bertz CT molecular complexity index is 959. The molecule has 2 heterocycles. The summed E-state index contributed by atoms with van der Waals surface area (Å²) in [5, 5.41) is 3.00. The molecule has 0 saturated carbocycles. The number of carbonyl (C=O) groups is 1. The monoisotopic (exact) mass is 337 g/mol. The summed E-state index contributed by atoms with van der Waals surface area (Å²) in [7, 11) is 0. The number of hydrogen-bond donors (Lipinski definition) is 1. The van der Waals surface area contributed by atoms with Crippen molar-refractivity contribution >= 4 is 62.1 Å². The second kappa shape index (κ2) is 5.42. The third kappa shape index (κ3) is 2.31. The van der Waals surface area contributed by atoms with Gasteiger partial charge in [-0.25, -0.2) is 15.8 Å². The Balaban J connectivity index is 2.04. The number of hydrogen-bond acceptors (Lipinski definition) is 5. The number of fused-ring (bicyclic) bond motifs is 2. The van der Waals surface area contributed by atoms with Gasteiger partial charge in [0.25, 0.3) is 5.91 Å². The van der Waals surface area contributed by atoms with E-state index >= 15 is 0 Å². The lowest BCUT2D eigenvalue weighted by molar-refractivity contribution is -0.122. The van der Waals surface area contributed by atoms with Gasteiger partial charge in [-0.1, -0.05) is 60.4 Å². The number of nitrogens with two attached hydrogens (primary N) is 1. The molecule has 1 saturated heterocycles. The van der Waals surface area contributed by atoms with Gasteiger partial charge >= 0.3 is 0 Å². The fourth-order valence-electron chi connectivity index (χ4n) is 2.64. The summed E-state index contributed by atoms with van der Waals surface area (Å²) in [5.74, 6) is 5.39. The molecule has 0 atom stereocenters. The maximum atomic E-state index is 12.2. The van der Waals surface area contributed by atoms with Crippen LogP contribution in [0.4, 0.5) is 0 Å². The van der Waals surface area contributed by atoms with E-state index < -0.39 is 0 Å². The Morgan fingerprint density at radius 2 is 1.61 bits per heavy atom. The lowest BCUT2D eigenvalue weighted by atomic mass is 10.0. The molecule has 4 rings (SSSR count). The van der Waals surface area contributed by atoms with Crippen LogP contribution in [0.3, 0.4) is 0 Å². The zero-order valence-electron chi connectivity index (χ0n) is 11.9. The Morgan fingerprint density at radius 1 is 1.04 bits per heavy atom. The van der Waals surface area contributed by atoms with E-state index in [1.807, 2.05) is 54.6 Å². The zero-order chi connectivity index (χ0) is 16.0. The van der Waals surface area contributed by atoms with Crippen molar-refractivity contribution in [1.82, 2.24) is 9.99 Å². The van der Waals surface area contributed by atoms with Crippen molar-refractivity contribution in [2.45, 2.75) is 0 Å². The van der Waals surface area contributed by atoms with Gasteiger partial charge in [-0.2, -0.15) is 0 Å². The highest BCUT2D eigenvalue weighted by molar-refractivity contribution is 8.26. The van der Waals surface area contributed by atoms with Crippen LogP contribution < -0.4 is 5.84 Å².